The lowest BCUT2D eigenvalue weighted by Gasteiger charge is -1.98. The fourth-order valence-electron chi connectivity index (χ4n) is 0.907. The SMILES string of the molecule is Fc1ccc[c]c1-n1cncn1. The zero-order valence-electron chi connectivity index (χ0n) is 6.11. The molecule has 2 rings (SSSR count). The summed E-state index contributed by atoms with van der Waals surface area (Å²) in [6.45, 7) is 0. The van der Waals surface area contributed by atoms with Crippen LogP contribution in [0.25, 0.3) is 5.69 Å². The fraction of sp³-hybridized carbons (Fsp3) is 0. The summed E-state index contributed by atoms with van der Waals surface area (Å²) in [5.74, 6) is -0.358. The molecule has 0 aliphatic rings. The maximum absolute atomic E-state index is 13.0. The highest BCUT2D eigenvalue weighted by molar-refractivity contribution is 5.29. The van der Waals surface area contributed by atoms with Crippen molar-refractivity contribution in [2.75, 3.05) is 0 Å². The van der Waals surface area contributed by atoms with E-state index in [0.717, 1.165) is 0 Å². The van der Waals surface area contributed by atoms with Gasteiger partial charge in [-0.25, -0.2) is 14.1 Å². The summed E-state index contributed by atoms with van der Waals surface area (Å²) in [6.07, 6.45) is 2.77. The van der Waals surface area contributed by atoms with Crippen molar-refractivity contribution < 1.29 is 4.39 Å². The molecule has 1 aromatic carbocycles. The second kappa shape index (κ2) is 2.73. The minimum Gasteiger partial charge on any atom is -0.223 e. The van der Waals surface area contributed by atoms with Gasteiger partial charge in [-0.3, -0.25) is 0 Å². The third kappa shape index (κ3) is 1.07. The molecule has 0 amide bonds. The molecule has 0 N–H and O–H groups in total. The van der Waals surface area contributed by atoms with Crippen molar-refractivity contribution in [3.8, 4) is 5.69 Å². The molecule has 3 nitrogen and oxygen atoms in total. The first-order valence-corrected chi connectivity index (χ1v) is 3.39. The quantitative estimate of drug-likeness (QED) is 0.630. The minimum absolute atomic E-state index is 0.287. The summed E-state index contributed by atoms with van der Waals surface area (Å²) in [4.78, 5) is 3.70. The number of halogens is 1. The number of hydrogen-bond donors (Lipinski definition) is 0. The number of benzene rings is 1. The van der Waals surface area contributed by atoms with Gasteiger partial charge in [0.1, 0.15) is 24.2 Å². The van der Waals surface area contributed by atoms with E-state index in [9.17, 15) is 4.39 Å². The first-order valence-electron chi connectivity index (χ1n) is 3.39. The second-order valence-corrected chi connectivity index (χ2v) is 2.21. The summed E-state index contributed by atoms with van der Waals surface area (Å²) in [7, 11) is 0. The molecule has 4 heteroatoms. The molecule has 12 heavy (non-hydrogen) atoms. The highest BCUT2D eigenvalue weighted by Gasteiger charge is 2.02. The zero-order valence-corrected chi connectivity index (χ0v) is 6.11. The highest BCUT2D eigenvalue weighted by Crippen LogP contribution is 2.08. The van der Waals surface area contributed by atoms with E-state index in [4.69, 9.17) is 0 Å². The van der Waals surface area contributed by atoms with Crippen LogP contribution in [0.5, 0.6) is 0 Å². The smallest absolute Gasteiger partial charge is 0.149 e. The summed E-state index contributed by atoms with van der Waals surface area (Å²) < 4.78 is 14.4. The van der Waals surface area contributed by atoms with Crippen molar-refractivity contribution in [2.45, 2.75) is 0 Å². The number of aromatic nitrogens is 3. The normalized spacial score (nSPS) is 10.1. The summed E-state index contributed by atoms with van der Waals surface area (Å²) in [6, 6.07) is 7.28. The molecule has 1 aromatic heterocycles. The van der Waals surface area contributed by atoms with Gasteiger partial charge in [0.05, 0.1) is 0 Å². The van der Waals surface area contributed by atoms with Gasteiger partial charge in [-0.15, -0.1) is 0 Å². The largest absolute Gasteiger partial charge is 0.223 e. The predicted molar refractivity (Wildman–Crippen MR) is 40.2 cm³/mol. The number of para-hydroxylation sites is 1. The average Bonchev–Trinajstić information content (AvgIpc) is 2.57. The van der Waals surface area contributed by atoms with Crippen molar-refractivity contribution >= 4 is 0 Å². The van der Waals surface area contributed by atoms with Crippen LogP contribution >= 0.6 is 0 Å². The van der Waals surface area contributed by atoms with E-state index < -0.39 is 0 Å². The van der Waals surface area contributed by atoms with E-state index in [1.165, 1.54) is 23.4 Å². The molecule has 59 valence electrons. The predicted octanol–water partition coefficient (Wildman–Crippen LogP) is 1.21. The van der Waals surface area contributed by atoms with Crippen molar-refractivity contribution in [3.63, 3.8) is 0 Å². The molecule has 0 fully saturated rings. The van der Waals surface area contributed by atoms with Crippen LogP contribution in [0.4, 0.5) is 4.39 Å². The van der Waals surface area contributed by atoms with E-state index in [1.807, 2.05) is 0 Å². The van der Waals surface area contributed by atoms with Crippen LogP contribution < -0.4 is 0 Å². The monoisotopic (exact) mass is 162 g/mol. The molecule has 0 aliphatic heterocycles. The summed E-state index contributed by atoms with van der Waals surface area (Å²) in [5.41, 5.74) is 0.287. The molecule has 0 saturated heterocycles. The van der Waals surface area contributed by atoms with Gasteiger partial charge >= 0.3 is 0 Å². The fourth-order valence-corrected chi connectivity index (χ4v) is 0.907. The summed E-state index contributed by atoms with van der Waals surface area (Å²) in [5, 5.41) is 3.78. The molecule has 0 saturated carbocycles. The highest BCUT2D eigenvalue weighted by atomic mass is 19.1. The molecule has 0 atom stereocenters. The number of nitrogens with zero attached hydrogens (tertiary/aromatic N) is 3. The topological polar surface area (TPSA) is 30.7 Å². The number of rotatable bonds is 1. The van der Waals surface area contributed by atoms with Crippen LogP contribution in [0.1, 0.15) is 0 Å². The van der Waals surface area contributed by atoms with Crippen LogP contribution in [0.3, 0.4) is 0 Å². The van der Waals surface area contributed by atoms with Gasteiger partial charge < -0.3 is 0 Å². The molecular formula is C8H5FN3. The van der Waals surface area contributed by atoms with Gasteiger partial charge in [0, 0.05) is 6.07 Å². The van der Waals surface area contributed by atoms with E-state index in [1.54, 1.807) is 12.1 Å². The standard InChI is InChI=1S/C8H5FN3/c9-7-3-1-2-4-8(7)12-6-10-5-11-12/h1-3,5-6H. The first-order chi connectivity index (χ1) is 5.88. The maximum Gasteiger partial charge on any atom is 0.149 e. The van der Waals surface area contributed by atoms with Crippen molar-refractivity contribution in [3.05, 3.63) is 42.7 Å². The Kier molecular flexibility index (Phi) is 1.59. The van der Waals surface area contributed by atoms with E-state index in [0.29, 0.717) is 0 Å². The summed E-state index contributed by atoms with van der Waals surface area (Å²) >= 11 is 0. The van der Waals surface area contributed by atoms with Crippen LogP contribution in [0.2, 0.25) is 0 Å². The molecular weight excluding hydrogens is 157 g/mol. The molecule has 1 radical (unpaired) electrons. The Morgan fingerprint density at radius 3 is 3.08 bits per heavy atom. The van der Waals surface area contributed by atoms with Crippen molar-refractivity contribution in [2.24, 2.45) is 0 Å². The Bertz CT molecular complexity index is 370. The molecule has 0 bridgehead atoms. The Hall–Kier alpha value is -1.71. The van der Waals surface area contributed by atoms with Crippen LogP contribution in [-0.4, -0.2) is 14.8 Å². The van der Waals surface area contributed by atoms with Gasteiger partial charge in [0.15, 0.2) is 0 Å². The molecule has 2 aromatic rings. The average molecular weight is 162 g/mol. The third-order valence-electron chi connectivity index (χ3n) is 1.43. The zero-order chi connectivity index (χ0) is 8.39. The van der Waals surface area contributed by atoms with Gasteiger partial charge in [-0.2, -0.15) is 5.10 Å². The number of hydrogen-bond acceptors (Lipinski definition) is 2. The molecule has 1 heterocycles. The Labute approximate surface area is 68.5 Å². The molecule has 0 aliphatic carbocycles. The lowest BCUT2D eigenvalue weighted by Crippen LogP contribution is -1.97. The van der Waals surface area contributed by atoms with Gasteiger partial charge in [0.25, 0.3) is 0 Å². The lowest BCUT2D eigenvalue weighted by atomic mass is 10.3. The molecule has 0 spiro atoms. The maximum atomic E-state index is 13.0. The van der Waals surface area contributed by atoms with Crippen molar-refractivity contribution in [1.29, 1.82) is 0 Å². The Balaban J connectivity index is 2.55. The minimum atomic E-state index is -0.358. The van der Waals surface area contributed by atoms with Gasteiger partial charge in [-0.05, 0) is 6.07 Å². The van der Waals surface area contributed by atoms with E-state index in [-0.39, 0.29) is 11.5 Å². The Morgan fingerprint density at radius 1 is 1.50 bits per heavy atom. The Morgan fingerprint density at radius 2 is 2.42 bits per heavy atom. The van der Waals surface area contributed by atoms with Gasteiger partial charge in [0.2, 0.25) is 0 Å². The second-order valence-electron chi connectivity index (χ2n) is 2.21. The van der Waals surface area contributed by atoms with Crippen LogP contribution in [0, 0.1) is 11.9 Å². The van der Waals surface area contributed by atoms with E-state index >= 15 is 0 Å². The van der Waals surface area contributed by atoms with Crippen molar-refractivity contribution in [1.82, 2.24) is 14.8 Å². The van der Waals surface area contributed by atoms with Crippen LogP contribution in [0.15, 0.2) is 30.9 Å². The van der Waals surface area contributed by atoms with Crippen LogP contribution in [-0.2, 0) is 0 Å². The third-order valence-corrected chi connectivity index (χ3v) is 1.43. The van der Waals surface area contributed by atoms with Gasteiger partial charge in [-0.1, -0.05) is 12.1 Å². The first kappa shape index (κ1) is 6.97. The van der Waals surface area contributed by atoms with E-state index in [2.05, 4.69) is 16.1 Å². The lowest BCUT2D eigenvalue weighted by molar-refractivity contribution is 0.610. The molecule has 0 unspecified atom stereocenters.